The molecule has 0 saturated heterocycles. The van der Waals surface area contributed by atoms with Crippen molar-refractivity contribution in [1.29, 1.82) is 0 Å². The predicted octanol–water partition coefficient (Wildman–Crippen LogP) is 1.67. The Morgan fingerprint density at radius 3 is 2.24 bits per heavy atom. The summed E-state index contributed by atoms with van der Waals surface area (Å²) < 4.78 is 9.79. The zero-order chi connectivity index (χ0) is 25.2. The molecule has 10 heteroatoms. The lowest BCUT2D eigenvalue weighted by Gasteiger charge is -2.33. The number of carbonyl (C=O) groups excluding carboxylic acids is 4. The number of amides is 3. The van der Waals surface area contributed by atoms with Crippen LogP contribution in [0.1, 0.15) is 44.9 Å². The number of benzene rings is 1. The molecule has 1 aromatic rings. The summed E-state index contributed by atoms with van der Waals surface area (Å²) in [5.74, 6) is 0.681. The summed E-state index contributed by atoms with van der Waals surface area (Å²) in [6, 6.07) is 4.40. The molecule has 0 aromatic heterocycles. The Morgan fingerprint density at radius 1 is 1.18 bits per heavy atom. The number of alkyl carbamates (subject to hydrolysis) is 1. The Hall–Kier alpha value is -3.19. The first-order valence-electron chi connectivity index (χ1n) is 10.3. The highest BCUT2D eigenvalue weighted by Gasteiger charge is 2.35. The number of nitrogens with zero attached hydrogens (tertiary/aromatic N) is 1. The lowest BCUT2D eigenvalue weighted by Crippen LogP contribution is -2.54. The van der Waals surface area contributed by atoms with E-state index in [2.05, 4.69) is 33.9 Å². The van der Waals surface area contributed by atoms with E-state index in [1.165, 1.54) is 12.0 Å². The van der Waals surface area contributed by atoms with Crippen molar-refractivity contribution in [3.8, 4) is 12.3 Å². The number of hydrogen-bond donors (Lipinski definition) is 3. The summed E-state index contributed by atoms with van der Waals surface area (Å²) in [6.45, 7) is 6.55. The van der Waals surface area contributed by atoms with Crippen LogP contribution in [0.3, 0.4) is 0 Å². The van der Waals surface area contributed by atoms with Gasteiger partial charge in [0.25, 0.3) is 0 Å². The van der Waals surface area contributed by atoms with Crippen molar-refractivity contribution in [3.05, 3.63) is 35.4 Å². The van der Waals surface area contributed by atoms with Crippen LogP contribution in [-0.2, 0) is 23.9 Å². The summed E-state index contributed by atoms with van der Waals surface area (Å²) in [5, 5.41) is 4.98. The van der Waals surface area contributed by atoms with E-state index in [1.54, 1.807) is 52.0 Å². The Labute approximate surface area is 200 Å². The van der Waals surface area contributed by atoms with E-state index >= 15 is 0 Å². The van der Waals surface area contributed by atoms with Crippen molar-refractivity contribution in [3.63, 3.8) is 0 Å². The Bertz CT molecular complexity index is 889. The smallest absolute Gasteiger partial charge is 0.408 e. The van der Waals surface area contributed by atoms with Gasteiger partial charge in [0, 0.05) is 17.9 Å². The number of methoxy groups -OCH3 is 1. The van der Waals surface area contributed by atoms with Gasteiger partial charge in [0.05, 0.1) is 7.11 Å². The van der Waals surface area contributed by atoms with Gasteiger partial charge < -0.3 is 25.0 Å². The van der Waals surface area contributed by atoms with Crippen molar-refractivity contribution in [2.45, 2.75) is 45.4 Å². The Balaban J connectivity index is 3.25. The first-order chi connectivity index (χ1) is 15.5. The molecular weight excluding hydrogens is 446 g/mol. The van der Waals surface area contributed by atoms with Crippen LogP contribution < -0.4 is 10.6 Å². The third-order valence-electron chi connectivity index (χ3n) is 4.38. The number of nitrogens with one attached hydrogen (secondary N) is 2. The van der Waals surface area contributed by atoms with Gasteiger partial charge in [-0.15, -0.1) is 6.42 Å². The first kappa shape index (κ1) is 27.8. The van der Waals surface area contributed by atoms with Gasteiger partial charge in [-0.3, -0.25) is 14.4 Å². The minimum absolute atomic E-state index is 0.0267. The van der Waals surface area contributed by atoms with Crippen molar-refractivity contribution >= 4 is 36.5 Å². The molecule has 3 amide bonds. The molecule has 0 aliphatic heterocycles. The van der Waals surface area contributed by atoms with Crippen LogP contribution in [0.15, 0.2) is 24.3 Å². The van der Waals surface area contributed by atoms with Gasteiger partial charge in [-0.25, -0.2) is 4.79 Å². The largest absolute Gasteiger partial charge is 0.468 e. The minimum atomic E-state index is -1.10. The molecule has 180 valence electrons. The summed E-state index contributed by atoms with van der Waals surface area (Å²) >= 11 is 4.19. The predicted molar refractivity (Wildman–Crippen MR) is 127 cm³/mol. The SMILES string of the molecule is C#Cc1ccc(C(C(=O)NCC(=O)OC)N(CC)C(=O)C(CS)NC(=O)OC(C)(C)C)cc1. The second kappa shape index (κ2) is 12.7. The number of esters is 1. The number of hydrogen-bond acceptors (Lipinski definition) is 7. The zero-order valence-electron chi connectivity index (χ0n) is 19.5. The summed E-state index contributed by atoms with van der Waals surface area (Å²) in [5.41, 5.74) is 0.316. The van der Waals surface area contributed by atoms with Gasteiger partial charge in [0.2, 0.25) is 11.8 Å². The summed E-state index contributed by atoms with van der Waals surface area (Å²) in [6.07, 6.45) is 4.63. The standard InChI is InChI=1S/C23H31N3O6S/c1-7-15-9-11-16(12-10-15)19(20(28)24-13-18(27)31-6)26(8-2)21(29)17(14-33)25-22(30)32-23(3,4)5/h1,9-12,17,19,33H,8,13-14H2,2-6H3,(H,24,28)(H,25,30). The molecule has 0 aliphatic rings. The molecule has 1 aromatic carbocycles. The molecule has 0 bridgehead atoms. The Kier molecular flexibility index (Phi) is 10.8. The third-order valence-corrected chi connectivity index (χ3v) is 4.75. The molecular formula is C23H31N3O6S. The maximum Gasteiger partial charge on any atom is 0.408 e. The zero-order valence-corrected chi connectivity index (χ0v) is 20.4. The lowest BCUT2D eigenvalue weighted by molar-refractivity contribution is -0.144. The molecule has 2 N–H and O–H groups in total. The molecule has 2 atom stereocenters. The van der Waals surface area contributed by atoms with Crippen molar-refractivity contribution in [2.75, 3.05) is 26.0 Å². The topological polar surface area (TPSA) is 114 Å². The van der Waals surface area contributed by atoms with E-state index in [9.17, 15) is 19.2 Å². The fraction of sp³-hybridized carbons (Fsp3) is 0.478. The quantitative estimate of drug-likeness (QED) is 0.283. The van der Waals surface area contributed by atoms with Gasteiger partial charge in [-0.2, -0.15) is 12.6 Å². The molecule has 0 radical (unpaired) electrons. The fourth-order valence-electron chi connectivity index (χ4n) is 2.86. The number of thiol groups is 1. The van der Waals surface area contributed by atoms with E-state index in [0.29, 0.717) is 11.1 Å². The van der Waals surface area contributed by atoms with E-state index in [-0.39, 0.29) is 18.8 Å². The summed E-state index contributed by atoms with van der Waals surface area (Å²) in [4.78, 5) is 51.4. The molecule has 0 aliphatic carbocycles. The van der Waals surface area contributed by atoms with E-state index in [1.807, 2.05) is 0 Å². The highest BCUT2D eigenvalue weighted by molar-refractivity contribution is 7.80. The van der Waals surface area contributed by atoms with Crippen LogP contribution in [0.5, 0.6) is 0 Å². The van der Waals surface area contributed by atoms with Crippen LogP contribution >= 0.6 is 12.6 Å². The average molecular weight is 478 g/mol. The summed E-state index contributed by atoms with van der Waals surface area (Å²) in [7, 11) is 1.20. The van der Waals surface area contributed by atoms with Gasteiger partial charge >= 0.3 is 12.1 Å². The molecule has 0 spiro atoms. The maximum absolute atomic E-state index is 13.3. The van der Waals surface area contributed by atoms with Crippen LogP contribution in [0.4, 0.5) is 4.79 Å². The van der Waals surface area contributed by atoms with Crippen LogP contribution in [0.2, 0.25) is 0 Å². The van der Waals surface area contributed by atoms with Crippen LogP contribution in [-0.4, -0.2) is 66.4 Å². The lowest BCUT2D eigenvalue weighted by atomic mass is 10.0. The van der Waals surface area contributed by atoms with Gasteiger partial charge in [0.15, 0.2) is 0 Å². The molecule has 0 fully saturated rings. The highest BCUT2D eigenvalue weighted by Crippen LogP contribution is 2.23. The molecule has 9 nitrogen and oxygen atoms in total. The number of likely N-dealkylation sites (N-methyl/N-ethyl adjacent to an activating group) is 1. The molecule has 33 heavy (non-hydrogen) atoms. The fourth-order valence-corrected chi connectivity index (χ4v) is 3.11. The minimum Gasteiger partial charge on any atom is -0.468 e. The molecule has 2 unspecified atom stereocenters. The van der Waals surface area contributed by atoms with E-state index in [4.69, 9.17) is 11.2 Å². The Morgan fingerprint density at radius 2 is 1.79 bits per heavy atom. The number of terminal acetylenes is 1. The van der Waals surface area contributed by atoms with E-state index in [0.717, 1.165) is 0 Å². The molecule has 0 heterocycles. The van der Waals surface area contributed by atoms with Crippen LogP contribution in [0.25, 0.3) is 0 Å². The second-order valence-electron chi connectivity index (χ2n) is 7.97. The normalized spacial score (nSPS) is 12.5. The van der Waals surface area contributed by atoms with Gasteiger partial charge in [0.1, 0.15) is 24.2 Å². The monoisotopic (exact) mass is 477 g/mol. The van der Waals surface area contributed by atoms with Crippen molar-refractivity contribution < 1.29 is 28.7 Å². The maximum atomic E-state index is 13.3. The van der Waals surface area contributed by atoms with Gasteiger partial charge in [-0.1, -0.05) is 18.1 Å². The van der Waals surface area contributed by atoms with Crippen molar-refractivity contribution in [1.82, 2.24) is 15.5 Å². The number of rotatable bonds is 9. The molecule has 1 rings (SSSR count). The third kappa shape index (κ3) is 8.69. The second-order valence-corrected chi connectivity index (χ2v) is 8.33. The number of ether oxygens (including phenoxy) is 2. The first-order valence-corrected chi connectivity index (χ1v) is 10.9. The molecule has 0 saturated carbocycles. The van der Waals surface area contributed by atoms with Crippen LogP contribution in [0, 0.1) is 12.3 Å². The van der Waals surface area contributed by atoms with Crippen molar-refractivity contribution in [2.24, 2.45) is 0 Å². The highest BCUT2D eigenvalue weighted by atomic mass is 32.1. The number of carbonyl (C=O) groups is 4. The van der Waals surface area contributed by atoms with Gasteiger partial charge in [-0.05, 0) is 45.4 Å². The van der Waals surface area contributed by atoms with E-state index < -0.39 is 41.6 Å². The average Bonchev–Trinajstić information content (AvgIpc) is 2.77.